The summed E-state index contributed by atoms with van der Waals surface area (Å²) >= 11 is 3.84. The SMILES string of the molecule is CCC1(CC)C(Br)CC1Oc1cc(C)ccc1C(C)C. The zero-order valence-corrected chi connectivity index (χ0v) is 15.0. The fourth-order valence-corrected chi connectivity index (χ4v) is 4.67. The summed E-state index contributed by atoms with van der Waals surface area (Å²) in [5.41, 5.74) is 2.91. The second kappa shape index (κ2) is 6.09. The Morgan fingerprint density at radius 3 is 2.45 bits per heavy atom. The van der Waals surface area contributed by atoms with E-state index in [-0.39, 0.29) is 0 Å². The van der Waals surface area contributed by atoms with Crippen molar-refractivity contribution >= 4 is 15.9 Å². The molecule has 0 saturated heterocycles. The van der Waals surface area contributed by atoms with Crippen LogP contribution in [0.4, 0.5) is 0 Å². The third-order valence-electron chi connectivity index (χ3n) is 5.06. The van der Waals surface area contributed by atoms with Gasteiger partial charge < -0.3 is 4.74 Å². The molecule has 1 aromatic rings. The van der Waals surface area contributed by atoms with Crippen molar-refractivity contribution < 1.29 is 4.74 Å². The van der Waals surface area contributed by atoms with Crippen molar-refractivity contribution in [1.82, 2.24) is 0 Å². The first-order chi connectivity index (χ1) is 9.44. The number of hydrogen-bond acceptors (Lipinski definition) is 1. The quantitative estimate of drug-likeness (QED) is 0.612. The smallest absolute Gasteiger partial charge is 0.123 e. The molecule has 1 aliphatic rings. The van der Waals surface area contributed by atoms with Gasteiger partial charge in [0.05, 0.1) is 0 Å². The first-order valence-electron chi connectivity index (χ1n) is 7.85. The number of rotatable bonds is 5. The Morgan fingerprint density at radius 1 is 1.30 bits per heavy atom. The van der Waals surface area contributed by atoms with E-state index in [9.17, 15) is 0 Å². The topological polar surface area (TPSA) is 9.23 Å². The van der Waals surface area contributed by atoms with Gasteiger partial charge in [0.15, 0.2) is 0 Å². The van der Waals surface area contributed by atoms with Crippen molar-refractivity contribution in [2.45, 2.75) is 70.7 Å². The van der Waals surface area contributed by atoms with E-state index in [1.807, 2.05) is 0 Å². The molecular weight excluding hydrogens is 312 g/mol. The predicted molar refractivity (Wildman–Crippen MR) is 90.0 cm³/mol. The van der Waals surface area contributed by atoms with Crippen LogP contribution in [0.5, 0.6) is 5.75 Å². The molecule has 1 nitrogen and oxygen atoms in total. The van der Waals surface area contributed by atoms with Crippen LogP contribution in [-0.4, -0.2) is 10.9 Å². The number of benzene rings is 1. The molecule has 2 heteroatoms. The van der Waals surface area contributed by atoms with E-state index in [1.165, 1.54) is 24.0 Å². The minimum absolute atomic E-state index is 0.304. The van der Waals surface area contributed by atoms with Gasteiger partial charge >= 0.3 is 0 Å². The molecule has 0 heterocycles. The lowest BCUT2D eigenvalue weighted by Gasteiger charge is -2.53. The number of alkyl halides is 1. The highest BCUT2D eigenvalue weighted by Crippen LogP contribution is 2.53. The lowest BCUT2D eigenvalue weighted by Crippen LogP contribution is -2.56. The lowest BCUT2D eigenvalue weighted by molar-refractivity contribution is -0.0417. The minimum Gasteiger partial charge on any atom is -0.489 e. The molecule has 0 amide bonds. The van der Waals surface area contributed by atoms with E-state index < -0.39 is 0 Å². The molecule has 1 aromatic carbocycles. The van der Waals surface area contributed by atoms with E-state index in [2.05, 4.69) is 68.7 Å². The Morgan fingerprint density at radius 2 is 1.95 bits per heavy atom. The average Bonchev–Trinajstić information content (AvgIpc) is 2.39. The Hall–Kier alpha value is -0.500. The van der Waals surface area contributed by atoms with Crippen LogP contribution in [0.1, 0.15) is 64.0 Å². The third-order valence-corrected chi connectivity index (χ3v) is 6.35. The predicted octanol–water partition coefficient (Wildman–Crippen LogP) is 5.84. The van der Waals surface area contributed by atoms with E-state index in [0.29, 0.717) is 22.3 Å². The van der Waals surface area contributed by atoms with Gasteiger partial charge in [-0.1, -0.05) is 55.8 Å². The molecule has 0 aliphatic heterocycles. The molecule has 1 aliphatic carbocycles. The third kappa shape index (κ3) is 2.64. The molecule has 0 aromatic heterocycles. The van der Waals surface area contributed by atoms with Crippen molar-refractivity contribution in [2.75, 3.05) is 0 Å². The Bertz CT molecular complexity index is 462. The Balaban J connectivity index is 2.24. The summed E-state index contributed by atoms with van der Waals surface area (Å²) < 4.78 is 6.46. The summed E-state index contributed by atoms with van der Waals surface area (Å²) in [5.74, 6) is 1.60. The van der Waals surface area contributed by atoms with Crippen LogP contribution in [0.3, 0.4) is 0 Å². The largest absolute Gasteiger partial charge is 0.489 e. The molecule has 20 heavy (non-hydrogen) atoms. The van der Waals surface area contributed by atoms with Crippen LogP contribution in [0.25, 0.3) is 0 Å². The molecule has 0 bridgehead atoms. The average molecular weight is 339 g/mol. The molecule has 1 fully saturated rings. The standard InChI is InChI=1S/C18H27BrO/c1-6-18(7-2)16(19)11-17(18)20-15-10-13(5)8-9-14(15)12(3)4/h8-10,12,16-17H,6-7,11H2,1-5H3. The monoisotopic (exact) mass is 338 g/mol. The van der Waals surface area contributed by atoms with Gasteiger partial charge in [0.25, 0.3) is 0 Å². The molecule has 0 spiro atoms. The van der Waals surface area contributed by atoms with Crippen LogP contribution < -0.4 is 4.74 Å². The number of hydrogen-bond donors (Lipinski definition) is 0. The van der Waals surface area contributed by atoms with Crippen LogP contribution in [0, 0.1) is 12.3 Å². The Labute approximate surface area is 132 Å². The Kier molecular flexibility index (Phi) is 4.84. The van der Waals surface area contributed by atoms with Crippen LogP contribution in [0.15, 0.2) is 18.2 Å². The van der Waals surface area contributed by atoms with E-state index >= 15 is 0 Å². The molecule has 112 valence electrons. The zero-order chi connectivity index (χ0) is 14.9. The normalized spacial score (nSPS) is 24.6. The maximum atomic E-state index is 6.46. The summed E-state index contributed by atoms with van der Waals surface area (Å²) in [6.07, 6.45) is 3.81. The molecule has 0 radical (unpaired) electrons. The van der Waals surface area contributed by atoms with Crippen molar-refractivity contribution in [1.29, 1.82) is 0 Å². The fraction of sp³-hybridized carbons (Fsp3) is 0.667. The first kappa shape index (κ1) is 15.9. The highest BCUT2D eigenvalue weighted by atomic mass is 79.9. The summed E-state index contributed by atoms with van der Waals surface area (Å²) in [6, 6.07) is 6.61. The molecule has 1 saturated carbocycles. The molecule has 2 unspecified atom stereocenters. The van der Waals surface area contributed by atoms with E-state index in [4.69, 9.17) is 4.74 Å². The second-order valence-corrected chi connectivity index (χ2v) is 7.55. The summed E-state index contributed by atoms with van der Waals surface area (Å²) in [4.78, 5) is 0.599. The number of ether oxygens (including phenoxy) is 1. The highest BCUT2D eigenvalue weighted by molar-refractivity contribution is 9.09. The van der Waals surface area contributed by atoms with Crippen molar-refractivity contribution in [3.8, 4) is 5.75 Å². The van der Waals surface area contributed by atoms with Gasteiger partial charge in [-0.05, 0) is 49.3 Å². The lowest BCUT2D eigenvalue weighted by atomic mass is 9.62. The fourth-order valence-electron chi connectivity index (χ4n) is 3.39. The van der Waals surface area contributed by atoms with Gasteiger partial charge in [-0.2, -0.15) is 0 Å². The van der Waals surface area contributed by atoms with Gasteiger partial charge in [-0.25, -0.2) is 0 Å². The summed E-state index contributed by atoms with van der Waals surface area (Å²) in [6.45, 7) is 11.2. The first-order valence-corrected chi connectivity index (χ1v) is 8.77. The van der Waals surface area contributed by atoms with Crippen LogP contribution in [0.2, 0.25) is 0 Å². The van der Waals surface area contributed by atoms with Gasteiger partial charge in [-0.15, -0.1) is 0 Å². The maximum Gasteiger partial charge on any atom is 0.123 e. The van der Waals surface area contributed by atoms with Crippen molar-refractivity contribution in [3.05, 3.63) is 29.3 Å². The van der Waals surface area contributed by atoms with Gasteiger partial charge in [0.1, 0.15) is 11.9 Å². The summed E-state index contributed by atoms with van der Waals surface area (Å²) in [5, 5.41) is 0. The van der Waals surface area contributed by atoms with Gasteiger partial charge in [0, 0.05) is 10.2 Å². The van der Waals surface area contributed by atoms with Crippen molar-refractivity contribution in [3.63, 3.8) is 0 Å². The van der Waals surface area contributed by atoms with Gasteiger partial charge in [0.2, 0.25) is 0 Å². The van der Waals surface area contributed by atoms with Crippen LogP contribution in [-0.2, 0) is 0 Å². The van der Waals surface area contributed by atoms with Gasteiger partial charge in [-0.3, -0.25) is 0 Å². The number of aryl methyl sites for hydroxylation is 1. The zero-order valence-electron chi connectivity index (χ0n) is 13.4. The maximum absolute atomic E-state index is 6.46. The summed E-state index contributed by atoms with van der Waals surface area (Å²) in [7, 11) is 0. The highest BCUT2D eigenvalue weighted by Gasteiger charge is 2.53. The van der Waals surface area contributed by atoms with Crippen molar-refractivity contribution in [2.24, 2.45) is 5.41 Å². The number of halogens is 1. The van der Waals surface area contributed by atoms with Crippen LogP contribution >= 0.6 is 15.9 Å². The minimum atomic E-state index is 0.304. The van der Waals surface area contributed by atoms with E-state index in [0.717, 1.165) is 12.2 Å². The second-order valence-electron chi connectivity index (χ2n) is 6.45. The van der Waals surface area contributed by atoms with E-state index in [1.54, 1.807) is 0 Å². The molecule has 0 N–H and O–H groups in total. The molecular formula is C18H27BrO. The molecule has 2 atom stereocenters. The molecule has 2 rings (SSSR count).